The molecule has 32 heavy (non-hydrogen) atoms. The molecule has 1 heterocycles. The van der Waals surface area contributed by atoms with E-state index in [1.807, 2.05) is 30.3 Å². The fourth-order valence-electron chi connectivity index (χ4n) is 4.00. The molecule has 0 saturated carbocycles. The summed E-state index contributed by atoms with van der Waals surface area (Å²) in [6.45, 7) is 0.413. The van der Waals surface area contributed by atoms with E-state index in [1.165, 1.54) is 22.5 Å². The highest BCUT2D eigenvalue weighted by Gasteiger charge is 2.28. The predicted molar refractivity (Wildman–Crippen MR) is 131 cm³/mol. The van der Waals surface area contributed by atoms with Gasteiger partial charge in [0.1, 0.15) is 16.6 Å². The van der Waals surface area contributed by atoms with Crippen molar-refractivity contribution in [2.75, 3.05) is 13.2 Å². The summed E-state index contributed by atoms with van der Waals surface area (Å²) >= 11 is 13.4. The highest BCUT2D eigenvalue weighted by molar-refractivity contribution is 7.91. The Morgan fingerprint density at radius 1 is 1.12 bits per heavy atom. The summed E-state index contributed by atoms with van der Waals surface area (Å²) in [7, 11) is -3.49. The molecule has 0 spiro atoms. The van der Waals surface area contributed by atoms with Crippen LogP contribution in [0.3, 0.4) is 0 Å². The van der Waals surface area contributed by atoms with Crippen LogP contribution in [0.2, 0.25) is 10.0 Å². The lowest BCUT2D eigenvalue weighted by Gasteiger charge is -2.32. The van der Waals surface area contributed by atoms with Crippen LogP contribution in [0.25, 0.3) is 0 Å². The third-order valence-electron chi connectivity index (χ3n) is 5.64. The molecule has 0 radical (unpaired) electrons. The fraction of sp³-hybridized carbons (Fsp3) is 0.304. The standard InChI is InChI=1S/C23H24Cl2N2O3S2/c24-20-7-3-15(13-21(20)25)12-19-18-14-17(6-4-16(18)5-8-22(19)26)30-10-9-27-32(28,29)23-2-1-11-31-23/h1-4,6-7,11,13-14,19,22,27H,5,8-10,12,26H2. The first-order valence-corrected chi connectivity index (χ1v) is 13.4. The highest BCUT2D eigenvalue weighted by atomic mass is 35.5. The van der Waals surface area contributed by atoms with Crippen molar-refractivity contribution in [1.29, 1.82) is 0 Å². The average Bonchev–Trinajstić information content (AvgIpc) is 3.32. The lowest BCUT2D eigenvalue weighted by atomic mass is 9.76. The zero-order valence-electron chi connectivity index (χ0n) is 17.3. The molecule has 2 unspecified atom stereocenters. The summed E-state index contributed by atoms with van der Waals surface area (Å²) < 4.78 is 33.1. The fourth-order valence-corrected chi connectivity index (χ4v) is 6.38. The third kappa shape index (κ3) is 5.47. The Bertz CT molecular complexity index is 1180. The third-order valence-corrected chi connectivity index (χ3v) is 9.24. The van der Waals surface area contributed by atoms with Crippen LogP contribution in [0.4, 0.5) is 0 Å². The number of nitrogens with one attached hydrogen (secondary N) is 1. The van der Waals surface area contributed by atoms with Crippen LogP contribution in [0.15, 0.2) is 58.1 Å². The number of aryl methyl sites for hydroxylation is 1. The molecule has 1 aromatic heterocycles. The van der Waals surface area contributed by atoms with Crippen molar-refractivity contribution in [2.45, 2.75) is 35.4 Å². The Kier molecular flexibility index (Phi) is 7.44. The van der Waals surface area contributed by atoms with Crippen LogP contribution in [0, 0.1) is 0 Å². The van der Waals surface area contributed by atoms with Gasteiger partial charge in [-0.3, -0.25) is 0 Å². The Labute approximate surface area is 202 Å². The van der Waals surface area contributed by atoms with Crippen molar-refractivity contribution < 1.29 is 13.2 Å². The van der Waals surface area contributed by atoms with E-state index in [2.05, 4.69) is 10.8 Å². The summed E-state index contributed by atoms with van der Waals surface area (Å²) in [6.07, 6.45) is 2.61. The van der Waals surface area contributed by atoms with Gasteiger partial charge in [-0.2, -0.15) is 0 Å². The molecule has 1 aliphatic rings. The smallest absolute Gasteiger partial charge is 0.250 e. The van der Waals surface area contributed by atoms with Gasteiger partial charge in [0, 0.05) is 18.5 Å². The van der Waals surface area contributed by atoms with E-state index in [9.17, 15) is 8.42 Å². The molecule has 3 aromatic rings. The molecule has 3 N–H and O–H groups in total. The number of benzene rings is 2. The van der Waals surface area contributed by atoms with Crippen molar-refractivity contribution in [2.24, 2.45) is 5.73 Å². The first kappa shape index (κ1) is 23.5. The number of halogens is 2. The van der Waals surface area contributed by atoms with Crippen molar-refractivity contribution in [3.05, 3.63) is 80.6 Å². The van der Waals surface area contributed by atoms with Gasteiger partial charge >= 0.3 is 0 Å². The van der Waals surface area contributed by atoms with E-state index in [-0.39, 0.29) is 25.1 Å². The van der Waals surface area contributed by atoms with Gasteiger partial charge in [0.05, 0.1) is 10.0 Å². The van der Waals surface area contributed by atoms with E-state index in [0.29, 0.717) is 20.0 Å². The van der Waals surface area contributed by atoms with Crippen molar-refractivity contribution in [1.82, 2.24) is 4.72 Å². The molecule has 4 rings (SSSR count). The second-order valence-electron chi connectivity index (χ2n) is 7.80. The molecule has 1 aliphatic carbocycles. The van der Waals surface area contributed by atoms with Gasteiger partial charge in [-0.1, -0.05) is 41.4 Å². The maximum Gasteiger partial charge on any atom is 0.250 e. The normalized spacial score (nSPS) is 18.3. The zero-order chi connectivity index (χ0) is 22.7. The Morgan fingerprint density at radius 3 is 2.72 bits per heavy atom. The molecule has 170 valence electrons. The van der Waals surface area contributed by atoms with Crippen molar-refractivity contribution in [3.8, 4) is 5.75 Å². The van der Waals surface area contributed by atoms with Gasteiger partial charge < -0.3 is 10.5 Å². The molecule has 9 heteroatoms. The number of hydrogen-bond acceptors (Lipinski definition) is 5. The van der Waals surface area contributed by atoms with Crippen LogP contribution < -0.4 is 15.2 Å². The van der Waals surface area contributed by atoms with Gasteiger partial charge in [0.15, 0.2) is 0 Å². The largest absolute Gasteiger partial charge is 0.492 e. The molecule has 0 amide bonds. The van der Waals surface area contributed by atoms with E-state index < -0.39 is 10.0 Å². The quantitative estimate of drug-likeness (QED) is 0.417. The first-order chi connectivity index (χ1) is 15.3. The minimum absolute atomic E-state index is 0.0322. The number of ether oxygens (including phenoxy) is 1. The monoisotopic (exact) mass is 510 g/mol. The molecule has 5 nitrogen and oxygen atoms in total. The second kappa shape index (κ2) is 10.1. The zero-order valence-corrected chi connectivity index (χ0v) is 20.4. The molecule has 2 aromatic carbocycles. The van der Waals surface area contributed by atoms with Crippen LogP contribution >= 0.6 is 34.5 Å². The van der Waals surface area contributed by atoms with E-state index in [4.69, 9.17) is 33.7 Å². The number of fused-ring (bicyclic) bond motifs is 1. The summed E-state index contributed by atoms with van der Waals surface area (Å²) in [6, 6.07) is 15.0. The molecule has 0 bridgehead atoms. The van der Waals surface area contributed by atoms with Crippen LogP contribution in [0.1, 0.15) is 29.0 Å². The number of sulfonamides is 1. The summed E-state index contributed by atoms with van der Waals surface area (Å²) in [5.74, 6) is 0.837. The number of hydrogen-bond donors (Lipinski definition) is 2. The van der Waals surface area contributed by atoms with Gasteiger partial charge in [0.25, 0.3) is 0 Å². The van der Waals surface area contributed by atoms with E-state index in [0.717, 1.165) is 24.8 Å². The number of thiophene rings is 1. The maximum absolute atomic E-state index is 12.2. The van der Waals surface area contributed by atoms with Crippen molar-refractivity contribution in [3.63, 3.8) is 0 Å². The number of nitrogens with two attached hydrogens (primary N) is 1. The molecular weight excluding hydrogens is 487 g/mol. The average molecular weight is 511 g/mol. The molecule has 0 fully saturated rings. The Morgan fingerprint density at radius 2 is 1.97 bits per heavy atom. The lowest BCUT2D eigenvalue weighted by molar-refractivity contribution is 0.321. The Balaban J connectivity index is 1.43. The van der Waals surface area contributed by atoms with E-state index >= 15 is 0 Å². The summed E-state index contributed by atoms with van der Waals surface area (Å²) in [5.41, 5.74) is 10.0. The predicted octanol–water partition coefficient (Wildman–Crippen LogP) is 5.01. The van der Waals surface area contributed by atoms with Gasteiger partial charge in [0.2, 0.25) is 10.0 Å². The summed E-state index contributed by atoms with van der Waals surface area (Å²) in [4.78, 5) is 0. The second-order valence-corrected chi connectivity index (χ2v) is 11.6. The Hall–Kier alpha value is -1.61. The maximum atomic E-state index is 12.2. The van der Waals surface area contributed by atoms with Crippen LogP contribution in [-0.4, -0.2) is 27.6 Å². The minimum atomic E-state index is -3.49. The topological polar surface area (TPSA) is 81.4 Å². The summed E-state index contributed by atoms with van der Waals surface area (Å²) in [5, 5.41) is 2.81. The lowest BCUT2D eigenvalue weighted by Crippen LogP contribution is -2.34. The molecular formula is C23H24Cl2N2O3S2. The van der Waals surface area contributed by atoms with Gasteiger partial charge in [-0.15, -0.1) is 11.3 Å². The minimum Gasteiger partial charge on any atom is -0.492 e. The van der Waals surface area contributed by atoms with Crippen LogP contribution in [0.5, 0.6) is 5.75 Å². The molecule has 2 atom stereocenters. The highest BCUT2D eigenvalue weighted by Crippen LogP contribution is 2.36. The SMILES string of the molecule is NC1CCc2ccc(OCCNS(=O)(=O)c3cccs3)cc2C1Cc1ccc(Cl)c(Cl)c1. The van der Waals surface area contributed by atoms with Gasteiger partial charge in [-0.05, 0) is 71.7 Å². The number of rotatable bonds is 8. The van der Waals surface area contributed by atoms with E-state index in [1.54, 1.807) is 17.5 Å². The molecule has 0 aliphatic heterocycles. The van der Waals surface area contributed by atoms with Crippen molar-refractivity contribution >= 4 is 44.6 Å². The van der Waals surface area contributed by atoms with Crippen LogP contribution in [-0.2, 0) is 22.9 Å². The first-order valence-electron chi connectivity index (χ1n) is 10.3. The van der Waals surface area contributed by atoms with Gasteiger partial charge in [-0.25, -0.2) is 13.1 Å². The molecule has 0 saturated heterocycles.